The molecule has 1 aromatic carbocycles. The molecule has 23 heavy (non-hydrogen) atoms. The van der Waals surface area contributed by atoms with Crippen molar-refractivity contribution in [3.63, 3.8) is 0 Å². The number of hydrogen-bond acceptors (Lipinski definition) is 5. The van der Waals surface area contributed by atoms with Crippen molar-refractivity contribution in [3.8, 4) is 12.1 Å². The second-order valence-electron chi connectivity index (χ2n) is 5.48. The normalized spacial score (nSPS) is 17.3. The molecule has 1 unspecified atom stereocenters. The van der Waals surface area contributed by atoms with Gasteiger partial charge in [-0.2, -0.15) is 10.5 Å². The average Bonchev–Trinajstić information content (AvgIpc) is 2.62. The number of ether oxygens (including phenoxy) is 1. The molecule has 0 amide bonds. The number of aromatic nitrogens is 1. The van der Waals surface area contributed by atoms with Crippen LogP contribution in [0.1, 0.15) is 28.5 Å². The molecule has 0 bridgehead atoms. The molecule has 0 saturated carbocycles. The van der Waals surface area contributed by atoms with E-state index in [1.807, 2.05) is 31.2 Å². The summed E-state index contributed by atoms with van der Waals surface area (Å²) >= 11 is 0. The number of benzene rings is 1. The van der Waals surface area contributed by atoms with E-state index in [1.165, 1.54) is 0 Å². The fourth-order valence-corrected chi connectivity index (χ4v) is 2.72. The molecule has 0 radical (unpaired) electrons. The predicted octanol–water partition coefficient (Wildman–Crippen LogP) is 2.71. The van der Waals surface area contributed by atoms with E-state index in [4.69, 9.17) is 10.00 Å². The number of hydrogen-bond donors (Lipinski definition) is 0. The molecular formula is C18H16N4O. The van der Waals surface area contributed by atoms with Crippen LogP contribution in [-0.4, -0.2) is 24.7 Å². The number of nitriles is 2. The summed E-state index contributed by atoms with van der Waals surface area (Å²) in [4.78, 5) is 6.61. The summed E-state index contributed by atoms with van der Waals surface area (Å²) in [5, 5.41) is 18.3. The summed E-state index contributed by atoms with van der Waals surface area (Å²) < 4.78 is 5.86. The third-order valence-electron chi connectivity index (χ3n) is 3.89. The van der Waals surface area contributed by atoms with E-state index in [9.17, 15) is 5.26 Å². The maximum atomic E-state index is 9.31. The number of aryl methyl sites for hydroxylation is 1. The standard InChI is InChI=1S/C18H16N4O/c1-13-5-6-16(11-20)18(21-13)22-7-8-23-17(12-22)15-4-2-3-14(9-15)10-19/h2-6,9,17H,7-8,12H2,1H3. The Morgan fingerprint density at radius 3 is 2.87 bits per heavy atom. The lowest BCUT2D eigenvalue weighted by Crippen LogP contribution is -2.39. The third kappa shape index (κ3) is 3.15. The minimum absolute atomic E-state index is 0.133. The van der Waals surface area contributed by atoms with Gasteiger partial charge in [-0.1, -0.05) is 12.1 Å². The highest BCUT2D eigenvalue weighted by atomic mass is 16.5. The lowest BCUT2D eigenvalue weighted by atomic mass is 10.0. The molecule has 1 saturated heterocycles. The van der Waals surface area contributed by atoms with Crippen LogP contribution in [-0.2, 0) is 4.74 Å². The van der Waals surface area contributed by atoms with Crippen molar-refractivity contribution >= 4 is 5.82 Å². The number of morpholine rings is 1. The summed E-state index contributed by atoms with van der Waals surface area (Å²) in [5.74, 6) is 0.706. The van der Waals surface area contributed by atoms with Gasteiger partial charge in [-0.15, -0.1) is 0 Å². The van der Waals surface area contributed by atoms with Crippen molar-refractivity contribution < 1.29 is 4.74 Å². The van der Waals surface area contributed by atoms with Crippen molar-refractivity contribution in [1.82, 2.24) is 4.98 Å². The molecule has 2 heterocycles. The van der Waals surface area contributed by atoms with E-state index in [-0.39, 0.29) is 6.10 Å². The molecule has 2 aromatic rings. The zero-order valence-electron chi connectivity index (χ0n) is 12.9. The van der Waals surface area contributed by atoms with E-state index >= 15 is 0 Å². The van der Waals surface area contributed by atoms with Crippen molar-refractivity contribution in [1.29, 1.82) is 10.5 Å². The molecule has 0 N–H and O–H groups in total. The molecule has 1 atom stereocenters. The molecule has 1 fully saturated rings. The van der Waals surface area contributed by atoms with Crippen LogP contribution in [0.15, 0.2) is 36.4 Å². The lowest BCUT2D eigenvalue weighted by Gasteiger charge is -2.34. The maximum absolute atomic E-state index is 9.31. The number of nitrogens with zero attached hydrogens (tertiary/aromatic N) is 4. The van der Waals surface area contributed by atoms with Crippen LogP contribution in [0.3, 0.4) is 0 Å². The maximum Gasteiger partial charge on any atom is 0.146 e. The summed E-state index contributed by atoms with van der Waals surface area (Å²) in [6, 6.07) is 15.5. The summed E-state index contributed by atoms with van der Waals surface area (Å²) in [5.41, 5.74) is 3.05. The van der Waals surface area contributed by atoms with E-state index in [0.717, 1.165) is 11.3 Å². The van der Waals surface area contributed by atoms with Crippen LogP contribution in [0.25, 0.3) is 0 Å². The fraction of sp³-hybridized carbons (Fsp3) is 0.278. The first kappa shape index (κ1) is 15.0. The van der Waals surface area contributed by atoms with E-state index < -0.39 is 0 Å². The Balaban J connectivity index is 1.88. The molecule has 3 rings (SSSR count). The largest absolute Gasteiger partial charge is 0.370 e. The monoisotopic (exact) mass is 304 g/mol. The molecule has 0 spiro atoms. The van der Waals surface area contributed by atoms with Crippen LogP contribution in [0.2, 0.25) is 0 Å². The smallest absolute Gasteiger partial charge is 0.146 e. The zero-order valence-corrected chi connectivity index (χ0v) is 12.9. The van der Waals surface area contributed by atoms with E-state index in [2.05, 4.69) is 22.0 Å². The van der Waals surface area contributed by atoms with Gasteiger partial charge in [0.2, 0.25) is 0 Å². The lowest BCUT2D eigenvalue weighted by molar-refractivity contribution is 0.0395. The predicted molar refractivity (Wildman–Crippen MR) is 85.8 cm³/mol. The SMILES string of the molecule is Cc1ccc(C#N)c(N2CCOC(c3cccc(C#N)c3)C2)n1. The first-order valence-corrected chi connectivity index (χ1v) is 7.45. The number of pyridine rings is 1. The first-order valence-electron chi connectivity index (χ1n) is 7.45. The summed E-state index contributed by atoms with van der Waals surface area (Å²) in [6.45, 7) is 3.78. The highest BCUT2D eigenvalue weighted by Crippen LogP contribution is 2.27. The summed E-state index contributed by atoms with van der Waals surface area (Å²) in [7, 11) is 0. The van der Waals surface area contributed by atoms with Gasteiger partial charge in [0.1, 0.15) is 18.0 Å². The molecule has 5 nitrogen and oxygen atoms in total. The Morgan fingerprint density at radius 1 is 1.22 bits per heavy atom. The Hall–Kier alpha value is -2.89. The molecule has 114 valence electrons. The van der Waals surface area contributed by atoms with Gasteiger partial charge in [-0.25, -0.2) is 4.98 Å². The Morgan fingerprint density at radius 2 is 2.09 bits per heavy atom. The number of anilines is 1. The quantitative estimate of drug-likeness (QED) is 0.853. The van der Waals surface area contributed by atoms with Gasteiger partial charge in [0.05, 0.1) is 23.8 Å². The summed E-state index contributed by atoms with van der Waals surface area (Å²) in [6.07, 6.45) is -0.133. The Bertz CT molecular complexity index is 803. The molecule has 1 aliphatic rings. The van der Waals surface area contributed by atoms with Crippen LogP contribution in [0.4, 0.5) is 5.82 Å². The fourth-order valence-electron chi connectivity index (χ4n) is 2.72. The molecule has 5 heteroatoms. The van der Waals surface area contributed by atoms with Gasteiger partial charge in [-0.05, 0) is 36.8 Å². The highest BCUT2D eigenvalue weighted by Gasteiger charge is 2.25. The number of rotatable bonds is 2. The minimum atomic E-state index is -0.133. The van der Waals surface area contributed by atoms with E-state index in [1.54, 1.807) is 12.1 Å². The zero-order chi connectivity index (χ0) is 16.2. The van der Waals surface area contributed by atoms with Gasteiger partial charge in [0.15, 0.2) is 0 Å². The van der Waals surface area contributed by atoms with Gasteiger partial charge >= 0.3 is 0 Å². The van der Waals surface area contributed by atoms with Gasteiger partial charge < -0.3 is 9.64 Å². The van der Waals surface area contributed by atoms with E-state index in [0.29, 0.717) is 36.6 Å². The third-order valence-corrected chi connectivity index (χ3v) is 3.89. The van der Waals surface area contributed by atoms with Crippen LogP contribution in [0.5, 0.6) is 0 Å². The first-order chi connectivity index (χ1) is 11.2. The van der Waals surface area contributed by atoms with Crippen molar-refractivity contribution in [3.05, 3.63) is 58.8 Å². The average molecular weight is 304 g/mol. The van der Waals surface area contributed by atoms with Crippen molar-refractivity contribution in [2.24, 2.45) is 0 Å². The van der Waals surface area contributed by atoms with Crippen LogP contribution < -0.4 is 4.90 Å². The molecule has 0 aliphatic carbocycles. The van der Waals surface area contributed by atoms with Gasteiger partial charge in [0.25, 0.3) is 0 Å². The van der Waals surface area contributed by atoms with Gasteiger partial charge in [0, 0.05) is 18.8 Å². The molecular weight excluding hydrogens is 288 g/mol. The Labute approximate surface area is 135 Å². The minimum Gasteiger partial charge on any atom is -0.370 e. The van der Waals surface area contributed by atoms with Crippen LogP contribution >= 0.6 is 0 Å². The van der Waals surface area contributed by atoms with Crippen molar-refractivity contribution in [2.45, 2.75) is 13.0 Å². The van der Waals surface area contributed by atoms with Crippen molar-refractivity contribution in [2.75, 3.05) is 24.6 Å². The van der Waals surface area contributed by atoms with Gasteiger partial charge in [-0.3, -0.25) is 0 Å². The van der Waals surface area contributed by atoms with Crippen LogP contribution in [0, 0.1) is 29.6 Å². The topological polar surface area (TPSA) is 72.9 Å². The second kappa shape index (κ2) is 6.48. The second-order valence-corrected chi connectivity index (χ2v) is 5.48. The molecule has 1 aliphatic heterocycles. The molecule has 1 aromatic heterocycles. The Kier molecular flexibility index (Phi) is 4.23. The highest BCUT2D eigenvalue weighted by molar-refractivity contribution is 5.55.